The molecule has 1 atom stereocenters. The number of carbonyl (C=O) groups is 1. The second kappa shape index (κ2) is 5.69. The first-order chi connectivity index (χ1) is 7.54. The number of anilines is 1. The van der Waals surface area contributed by atoms with Gasteiger partial charge in [0.05, 0.1) is 5.92 Å². The van der Waals surface area contributed by atoms with Crippen LogP contribution >= 0.6 is 11.8 Å². The van der Waals surface area contributed by atoms with E-state index in [4.69, 9.17) is 5.11 Å². The third-order valence-corrected chi connectivity index (χ3v) is 2.84. The zero-order valence-electron chi connectivity index (χ0n) is 9.54. The summed E-state index contributed by atoms with van der Waals surface area (Å²) in [5.41, 5.74) is 0. The zero-order valence-corrected chi connectivity index (χ0v) is 10.4. The Hall–Kier alpha value is -1.30. The van der Waals surface area contributed by atoms with Gasteiger partial charge in [0.2, 0.25) is 0 Å². The largest absolute Gasteiger partial charge is 0.481 e. The molecule has 1 N–H and O–H groups in total. The van der Waals surface area contributed by atoms with E-state index in [0.29, 0.717) is 6.54 Å². The van der Waals surface area contributed by atoms with Crippen LogP contribution in [0.5, 0.6) is 0 Å². The molecule has 0 aliphatic carbocycles. The highest BCUT2D eigenvalue weighted by Gasteiger charge is 2.14. The van der Waals surface area contributed by atoms with Crippen LogP contribution in [0.15, 0.2) is 17.4 Å². The van der Waals surface area contributed by atoms with Crippen LogP contribution in [0.3, 0.4) is 0 Å². The summed E-state index contributed by atoms with van der Waals surface area (Å²) in [6.07, 6.45) is 3.43. The van der Waals surface area contributed by atoms with Gasteiger partial charge in [0.15, 0.2) is 0 Å². The molecule has 1 heterocycles. The Balaban J connectivity index is 2.72. The van der Waals surface area contributed by atoms with Crippen LogP contribution in [-0.2, 0) is 4.79 Å². The van der Waals surface area contributed by atoms with Gasteiger partial charge in [-0.25, -0.2) is 9.97 Å². The molecule has 0 bridgehead atoms. The Morgan fingerprint density at radius 1 is 1.62 bits per heavy atom. The fourth-order valence-electron chi connectivity index (χ4n) is 1.23. The van der Waals surface area contributed by atoms with Gasteiger partial charge in [0, 0.05) is 19.7 Å². The molecule has 0 saturated heterocycles. The first-order valence-electron chi connectivity index (χ1n) is 4.84. The van der Waals surface area contributed by atoms with E-state index in [-0.39, 0.29) is 0 Å². The van der Waals surface area contributed by atoms with E-state index >= 15 is 0 Å². The average Bonchev–Trinajstić information content (AvgIpc) is 2.28. The van der Waals surface area contributed by atoms with Crippen molar-refractivity contribution >= 4 is 23.5 Å². The maximum atomic E-state index is 10.7. The summed E-state index contributed by atoms with van der Waals surface area (Å²) in [6, 6.07) is 1.85. The van der Waals surface area contributed by atoms with Gasteiger partial charge in [0.1, 0.15) is 17.2 Å². The molecular weight excluding hydrogens is 226 g/mol. The van der Waals surface area contributed by atoms with Gasteiger partial charge in [-0.2, -0.15) is 0 Å². The number of hydrogen-bond donors (Lipinski definition) is 1. The number of hydrogen-bond acceptors (Lipinski definition) is 5. The molecule has 1 unspecified atom stereocenters. The highest BCUT2D eigenvalue weighted by atomic mass is 32.2. The van der Waals surface area contributed by atoms with Gasteiger partial charge in [-0.15, -0.1) is 11.8 Å². The van der Waals surface area contributed by atoms with Crippen LogP contribution in [-0.4, -0.2) is 40.9 Å². The van der Waals surface area contributed by atoms with Crippen molar-refractivity contribution in [2.45, 2.75) is 11.9 Å². The van der Waals surface area contributed by atoms with Crippen LogP contribution in [0.25, 0.3) is 0 Å². The molecule has 1 aromatic heterocycles. The maximum absolute atomic E-state index is 10.7. The number of carboxylic acid groups (broad SMARTS) is 1. The third-order valence-electron chi connectivity index (χ3n) is 2.20. The fraction of sp³-hybridized carbons (Fsp3) is 0.500. The molecule has 0 radical (unpaired) electrons. The lowest BCUT2D eigenvalue weighted by Crippen LogP contribution is -2.29. The zero-order chi connectivity index (χ0) is 12.1. The first-order valence-corrected chi connectivity index (χ1v) is 6.07. The minimum Gasteiger partial charge on any atom is -0.481 e. The van der Waals surface area contributed by atoms with Crippen molar-refractivity contribution in [3.8, 4) is 0 Å². The number of aromatic nitrogens is 2. The van der Waals surface area contributed by atoms with Gasteiger partial charge < -0.3 is 10.0 Å². The van der Waals surface area contributed by atoms with Gasteiger partial charge in [-0.05, 0) is 6.26 Å². The number of carboxylic acids is 1. The second-order valence-corrected chi connectivity index (χ2v) is 4.36. The standard InChI is InChI=1S/C10H15N3O2S/c1-7(10(14)15)5-13(2)8-4-9(16-3)12-6-11-8/h4,6-7H,5H2,1-3H3,(H,14,15). The third kappa shape index (κ3) is 3.37. The summed E-state index contributed by atoms with van der Waals surface area (Å²) in [5.74, 6) is -0.476. The minimum absolute atomic E-state index is 0.419. The summed E-state index contributed by atoms with van der Waals surface area (Å²) in [5, 5.41) is 9.69. The first kappa shape index (κ1) is 12.8. The van der Waals surface area contributed by atoms with E-state index in [2.05, 4.69) is 9.97 Å². The van der Waals surface area contributed by atoms with Crippen LogP contribution in [0.4, 0.5) is 5.82 Å². The SMILES string of the molecule is CSc1cc(N(C)CC(C)C(=O)O)ncn1. The van der Waals surface area contributed by atoms with Gasteiger partial charge in [0.25, 0.3) is 0 Å². The molecule has 0 aliphatic heterocycles. The predicted octanol–water partition coefficient (Wildman–Crippen LogP) is 1.36. The van der Waals surface area contributed by atoms with Gasteiger partial charge >= 0.3 is 5.97 Å². The lowest BCUT2D eigenvalue weighted by atomic mass is 10.2. The van der Waals surface area contributed by atoms with E-state index in [1.807, 2.05) is 24.3 Å². The summed E-state index contributed by atoms with van der Waals surface area (Å²) in [7, 11) is 1.83. The van der Waals surface area contributed by atoms with Gasteiger partial charge in [-0.1, -0.05) is 6.92 Å². The van der Waals surface area contributed by atoms with Crippen molar-refractivity contribution in [1.29, 1.82) is 0 Å². The summed E-state index contributed by atoms with van der Waals surface area (Å²) >= 11 is 1.53. The molecule has 0 saturated carbocycles. The van der Waals surface area contributed by atoms with Crippen molar-refractivity contribution in [2.75, 3.05) is 24.7 Å². The number of thioether (sulfide) groups is 1. The topological polar surface area (TPSA) is 66.3 Å². The average molecular weight is 241 g/mol. The number of aliphatic carboxylic acids is 1. The van der Waals surface area contributed by atoms with Crippen LogP contribution < -0.4 is 4.90 Å². The Morgan fingerprint density at radius 3 is 2.88 bits per heavy atom. The predicted molar refractivity (Wildman–Crippen MR) is 63.9 cm³/mol. The normalized spacial score (nSPS) is 12.2. The monoisotopic (exact) mass is 241 g/mol. The molecule has 1 aromatic rings. The molecule has 6 heteroatoms. The van der Waals surface area contributed by atoms with Crippen LogP contribution in [0, 0.1) is 5.92 Å². The van der Waals surface area contributed by atoms with Crippen molar-refractivity contribution in [2.24, 2.45) is 5.92 Å². The van der Waals surface area contributed by atoms with E-state index in [1.54, 1.807) is 6.92 Å². The molecule has 1 rings (SSSR count). The smallest absolute Gasteiger partial charge is 0.308 e. The lowest BCUT2D eigenvalue weighted by Gasteiger charge is -2.20. The van der Waals surface area contributed by atoms with E-state index in [9.17, 15) is 4.79 Å². The summed E-state index contributed by atoms with van der Waals surface area (Å²) in [4.78, 5) is 20.7. The molecule has 88 valence electrons. The quantitative estimate of drug-likeness (QED) is 0.620. The van der Waals surface area contributed by atoms with Crippen molar-refractivity contribution in [3.63, 3.8) is 0 Å². The van der Waals surface area contributed by atoms with Crippen molar-refractivity contribution in [3.05, 3.63) is 12.4 Å². The molecule has 5 nitrogen and oxygen atoms in total. The van der Waals surface area contributed by atoms with Gasteiger partial charge in [-0.3, -0.25) is 4.79 Å². The van der Waals surface area contributed by atoms with Crippen molar-refractivity contribution in [1.82, 2.24) is 9.97 Å². The Labute approximate surface area is 98.9 Å². The molecule has 16 heavy (non-hydrogen) atoms. The van der Waals surface area contributed by atoms with Crippen LogP contribution in [0.2, 0.25) is 0 Å². The van der Waals surface area contributed by atoms with E-state index in [0.717, 1.165) is 10.8 Å². The molecule has 0 amide bonds. The van der Waals surface area contributed by atoms with E-state index in [1.165, 1.54) is 18.1 Å². The van der Waals surface area contributed by atoms with Crippen LogP contribution in [0.1, 0.15) is 6.92 Å². The maximum Gasteiger partial charge on any atom is 0.308 e. The minimum atomic E-state index is -0.800. The molecule has 0 aliphatic rings. The second-order valence-electron chi connectivity index (χ2n) is 3.54. The highest BCUT2D eigenvalue weighted by molar-refractivity contribution is 7.98. The van der Waals surface area contributed by atoms with Crippen molar-refractivity contribution < 1.29 is 9.90 Å². The Bertz CT molecular complexity index is 373. The summed E-state index contributed by atoms with van der Waals surface area (Å²) < 4.78 is 0. The molecule has 0 fully saturated rings. The van der Waals surface area contributed by atoms with E-state index < -0.39 is 11.9 Å². The number of nitrogens with zero attached hydrogens (tertiary/aromatic N) is 3. The number of rotatable bonds is 5. The molecule has 0 aromatic carbocycles. The summed E-state index contributed by atoms with van der Waals surface area (Å²) in [6.45, 7) is 2.11. The highest BCUT2D eigenvalue weighted by Crippen LogP contribution is 2.17. The Kier molecular flexibility index (Phi) is 4.54. The molecular formula is C10H15N3O2S. The Morgan fingerprint density at radius 2 is 2.31 bits per heavy atom. The lowest BCUT2D eigenvalue weighted by molar-refractivity contribution is -0.140. The fourth-order valence-corrected chi connectivity index (χ4v) is 1.61. The molecule has 0 spiro atoms.